The van der Waals surface area contributed by atoms with Crippen LogP contribution in [-0.4, -0.2) is 45.7 Å². The van der Waals surface area contributed by atoms with Crippen LogP contribution in [0.3, 0.4) is 0 Å². The highest BCUT2D eigenvalue weighted by Crippen LogP contribution is 2.36. The van der Waals surface area contributed by atoms with Gasteiger partial charge in [0.2, 0.25) is 0 Å². The van der Waals surface area contributed by atoms with E-state index in [0.717, 1.165) is 0 Å². The SMILES string of the molecule is CC(C)(CC(C)(C)C(=O)ON1C(=O)CCC1=O)C(=O)ON1C(=O)CCC1=O. The van der Waals surface area contributed by atoms with Crippen LogP contribution in [0.4, 0.5) is 0 Å². The zero-order chi connectivity index (χ0) is 20.6. The number of rotatable bonds is 6. The molecule has 0 aromatic rings. The normalized spacial score (nSPS) is 18.4. The number of carbonyl (C=O) groups is 6. The number of amides is 4. The van der Waals surface area contributed by atoms with Gasteiger partial charge in [-0.25, -0.2) is 9.59 Å². The quantitative estimate of drug-likeness (QED) is 0.613. The van der Waals surface area contributed by atoms with Crippen molar-refractivity contribution in [2.24, 2.45) is 10.8 Å². The van der Waals surface area contributed by atoms with Gasteiger partial charge in [0.25, 0.3) is 23.6 Å². The van der Waals surface area contributed by atoms with Crippen LogP contribution in [0.5, 0.6) is 0 Å². The number of nitrogens with zero attached hydrogens (tertiary/aromatic N) is 2. The third kappa shape index (κ3) is 4.32. The molecule has 0 spiro atoms. The van der Waals surface area contributed by atoms with Crippen molar-refractivity contribution in [2.75, 3.05) is 0 Å². The van der Waals surface area contributed by atoms with Crippen LogP contribution < -0.4 is 0 Å². The second kappa shape index (κ2) is 7.09. The maximum absolute atomic E-state index is 12.4. The first-order valence-corrected chi connectivity index (χ1v) is 8.51. The summed E-state index contributed by atoms with van der Waals surface area (Å²) in [4.78, 5) is 81.0. The lowest BCUT2D eigenvalue weighted by Crippen LogP contribution is -2.43. The van der Waals surface area contributed by atoms with Crippen LogP contribution in [0, 0.1) is 10.8 Å². The van der Waals surface area contributed by atoms with Gasteiger partial charge in [-0.15, -0.1) is 10.1 Å². The van der Waals surface area contributed by atoms with E-state index >= 15 is 0 Å². The van der Waals surface area contributed by atoms with Gasteiger partial charge in [0.05, 0.1) is 10.8 Å². The molecule has 0 N–H and O–H groups in total. The van der Waals surface area contributed by atoms with E-state index in [9.17, 15) is 28.8 Å². The smallest absolute Gasteiger partial charge is 0.330 e. The summed E-state index contributed by atoms with van der Waals surface area (Å²) in [6.07, 6.45) is -0.181. The Morgan fingerprint density at radius 2 is 0.963 bits per heavy atom. The number of hydroxylamine groups is 4. The van der Waals surface area contributed by atoms with Crippen molar-refractivity contribution in [2.45, 2.75) is 59.8 Å². The highest BCUT2D eigenvalue weighted by Gasteiger charge is 2.45. The molecule has 0 aromatic carbocycles. The summed E-state index contributed by atoms with van der Waals surface area (Å²) in [5.74, 6) is -4.13. The predicted molar refractivity (Wildman–Crippen MR) is 86.5 cm³/mol. The van der Waals surface area contributed by atoms with Crippen LogP contribution in [0.15, 0.2) is 0 Å². The first kappa shape index (κ1) is 20.5. The summed E-state index contributed by atoms with van der Waals surface area (Å²) in [6, 6.07) is 0. The molecule has 0 saturated carbocycles. The molecular weight excluding hydrogens is 360 g/mol. The van der Waals surface area contributed by atoms with Crippen LogP contribution in [-0.2, 0) is 38.4 Å². The lowest BCUT2D eigenvalue weighted by molar-refractivity contribution is -0.210. The molecule has 10 heteroatoms. The van der Waals surface area contributed by atoms with Crippen molar-refractivity contribution in [3.8, 4) is 0 Å². The zero-order valence-electron chi connectivity index (χ0n) is 15.7. The van der Waals surface area contributed by atoms with Crippen LogP contribution >= 0.6 is 0 Å². The summed E-state index contributed by atoms with van der Waals surface area (Å²) in [6.45, 7) is 5.95. The van der Waals surface area contributed by atoms with E-state index < -0.39 is 46.4 Å². The Kier molecular flexibility index (Phi) is 5.39. The van der Waals surface area contributed by atoms with E-state index in [0.29, 0.717) is 10.1 Å². The first-order valence-electron chi connectivity index (χ1n) is 8.51. The molecule has 2 aliphatic heterocycles. The molecule has 2 rings (SSSR count). The second-order valence-corrected chi connectivity index (χ2v) is 7.87. The van der Waals surface area contributed by atoms with Crippen molar-refractivity contribution in [3.05, 3.63) is 0 Å². The molecule has 2 fully saturated rings. The molecule has 0 bridgehead atoms. The van der Waals surface area contributed by atoms with Gasteiger partial charge in [0.1, 0.15) is 0 Å². The lowest BCUT2D eigenvalue weighted by atomic mass is 9.75. The molecule has 2 saturated heterocycles. The average Bonchev–Trinajstić information content (AvgIpc) is 3.03. The lowest BCUT2D eigenvalue weighted by Gasteiger charge is -2.32. The Balaban J connectivity index is 2.03. The number of hydrogen-bond donors (Lipinski definition) is 0. The average molecular weight is 382 g/mol. The van der Waals surface area contributed by atoms with Crippen molar-refractivity contribution < 1.29 is 38.4 Å². The van der Waals surface area contributed by atoms with Crippen molar-refractivity contribution >= 4 is 35.6 Å². The highest BCUT2D eigenvalue weighted by molar-refractivity contribution is 6.02. The summed E-state index contributed by atoms with van der Waals surface area (Å²) >= 11 is 0. The zero-order valence-corrected chi connectivity index (χ0v) is 15.7. The maximum Gasteiger partial charge on any atom is 0.338 e. The summed E-state index contributed by atoms with van der Waals surface area (Å²) < 4.78 is 0. The largest absolute Gasteiger partial charge is 0.338 e. The van der Waals surface area contributed by atoms with Gasteiger partial charge in [-0.2, -0.15) is 0 Å². The van der Waals surface area contributed by atoms with E-state index in [2.05, 4.69) is 0 Å². The van der Waals surface area contributed by atoms with Gasteiger partial charge in [-0.3, -0.25) is 19.2 Å². The Hall–Kier alpha value is -2.78. The van der Waals surface area contributed by atoms with E-state index in [4.69, 9.17) is 9.68 Å². The monoisotopic (exact) mass is 382 g/mol. The third-order valence-corrected chi connectivity index (χ3v) is 4.35. The topological polar surface area (TPSA) is 127 Å². The first-order chi connectivity index (χ1) is 12.3. The van der Waals surface area contributed by atoms with Crippen molar-refractivity contribution in [1.82, 2.24) is 10.1 Å². The fraction of sp³-hybridized carbons (Fsp3) is 0.647. The molecule has 0 radical (unpaired) electrons. The Bertz CT molecular complexity index is 632. The Morgan fingerprint density at radius 3 is 1.22 bits per heavy atom. The molecule has 2 aliphatic rings. The van der Waals surface area contributed by atoms with Gasteiger partial charge < -0.3 is 9.68 Å². The summed E-state index contributed by atoms with van der Waals surface area (Å²) in [5, 5.41) is 0.883. The van der Waals surface area contributed by atoms with Gasteiger partial charge in [0.15, 0.2) is 0 Å². The predicted octanol–water partition coefficient (Wildman–Crippen LogP) is 0.643. The standard InChI is InChI=1S/C17H22N2O8/c1-16(2,14(24)26-18-10(20)5-6-11(18)21)9-17(3,4)15(25)27-19-12(22)7-8-13(19)23/h5-9H2,1-4H3. The number of hydrogen-bond acceptors (Lipinski definition) is 8. The molecule has 0 unspecified atom stereocenters. The minimum atomic E-state index is -1.26. The summed E-state index contributed by atoms with van der Waals surface area (Å²) in [7, 11) is 0. The second-order valence-electron chi connectivity index (χ2n) is 7.87. The van der Waals surface area contributed by atoms with Crippen molar-refractivity contribution in [3.63, 3.8) is 0 Å². The summed E-state index contributed by atoms with van der Waals surface area (Å²) in [5.41, 5.74) is -2.52. The maximum atomic E-state index is 12.4. The fourth-order valence-electron chi connectivity index (χ4n) is 2.98. The number of imide groups is 2. The molecule has 2 heterocycles. The molecule has 0 atom stereocenters. The molecule has 148 valence electrons. The van der Waals surface area contributed by atoms with E-state index in [1.54, 1.807) is 0 Å². The van der Waals surface area contributed by atoms with Crippen LogP contribution in [0.25, 0.3) is 0 Å². The number of carbonyl (C=O) groups excluding carboxylic acids is 6. The molecule has 10 nitrogen and oxygen atoms in total. The Morgan fingerprint density at radius 1 is 0.704 bits per heavy atom. The molecule has 0 aromatic heterocycles. The molecule has 0 aliphatic carbocycles. The molecule has 27 heavy (non-hydrogen) atoms. The fourth-order valence-corrected chi connectivity index (χ4v) is 2.98. The van der Waals surface area contributed by atoms with Gasteiger partial charge >= 0.3 is 11.9 Å². The van der Waals surface area contributed by atoms with Crippen molar-refractivity contribution in [1.29, 1.82) is 0 Å². The van der Waals surface area contributed by atoms with E-state index in [1.807, 2.05) is 0 Å². The minimum Gasteiger partial charge on any atom is -0.330 e. The van der Waals surface area contributed by atoms with Gasteiger partial charge in [-0.05, 0) is 34.1 Å². The Labute approximate surface area is 155 Å². The van der Waals surface area contributed by atoms with Gasteiger partial charge in [0, 0.05) is 25.7 Å². The highest BCUT2D eigenvalue weighted by atomic mass is 16.7. The van der Waals surface area contributed by atoms with E-state index in [-0.39, 0.29) is 32.1 Å². The van der Waals surface area contributed by atoms with Gasteiger partial charge in [-0.1, -0.05) is 0 Å². The van der Waals surface area contributed by atoms with Crippen LogP contribution in [0.1, 0.15) is 59.8 Å². The molecule has 4 amide bonds. The third-order valence-electron chi connectivity index (χ3n) is 4.35. The van der Waals surface area contributed by atoms with E-state index in [1.165, 1.54) is 27.7 Å². The molecular formula is C17H22N2O8. The van der Waals surface area contributed by atoms with Crippen LogP contribution in [0.2, 0.25) is 0 Å². The minimum absolute atomic E-state index is 0.0255.